The van der Waals surface area contributed by atoms with Gasteiger partial charge in [0.1, 0.15) is 5.69 Å². The highest BCUT2D eigenvalue weighted by Gasteiger charge is 2.26. The van der Waals surface area contributed by atoms with Crippen LogP contribution in [0.4, 0.5) is 0 Å². The highest BCUT2D eigenvalue weighted by atomic mass is 16.2. The molecule has 24 heavy (non-hydrogen) atoms. The van der Waals surface area contributed by atoms with Crippen molar-refractivity contribution in [2.45, 2.75) is 18.8 Å². The molecule has 1 fully saturated rings. The summed E-state index contributed by atoms with van der Waals surface area (Å²) in [6.45, 7) is 0. The number of carbonyl (C=O) groups excluding carboxylic acids is 2. The molecule has 0 bridgehead atoms. The molecule has 2 heterocycles. The average molecular weight is 321 g/mol. The van der Waals surface area contributed by atoms with E-state index < -0.39 is 11.8 Å². The number of pyridine rings is 1. The van der Waals surface area contributed by atoms with Crippen LogP contribution in [0.1, 0.15) is 45.4 Å². The number of hydrogen-bond donors (Lipinski definition) is 3. The van der Waals surface area contributed by atoms with E-state index in [1.807, 2.05) is 30.3 Å². The van der Waals surface area contributed by atoms with Gasteiger partial charge in [0.2, 0.25) is 0 Å². The van der Waals surface area contributed by atoms with Gasteiger partial charge in [0.15, 0.2) is 5.69 Å². The van der Waals surface area contributed by atoms with Crippen molar-refractivity contribution in [2.75, 3.05) is 0 Å². The number of nitrogens with one attached hydrogen (secondary N) is 3. The quantitative estimate of drug-likeness (QED) is 0.642. The molecule has 1 aromatic carbocycles. The van der Waals surface area contributed by atoms with Crippen molar-refractivity contribution in [1.29, 1.82) is 0 Å². The Bertz CT molecular complexity index is 929. The van der Waals surface area contributed by atoms with Crippen LogP contribution in [0.2, 0.25) is 0 Å². The van der Waals surface area contributed by atoms with E-state index in [-0.39, 0.29) is 11.4 Å². The van der Waals surface area contributed by atoms with E-state index in [1.165, 1.54) is 0 Å². The topological polar surface area (TPSA) is 99.8 Å². The number of fused-ring (bicyclic) bond motifs is 1. The Morgan fingerprint density at radius 2 is 1.75 bits per heavy atom. The fourth-order valence-corrected chi connectivity index (χ4v) is 2.49. The number of rotatable bonds is 3. The van der Waals surface area contributed by atoms with Crippen LogP contribution in [0, 0.1) is 0 Å². The number of hydrogen-bond acceptors (Lipinski definition) is 4. The van der Waals surface area contributed by atoms with Crippen molar-refractivity contribution in [1.82, 2.24) is 26.0 Å². The first kappa shape index (κ1) is 14.4. The summed E-state index contributed by atoms with van der Waals surface area (Å²) in [5, 5.41) is 7.76. The second kappa shape index (κ2) is 5.77. The first-order valence-corrected chi connectivity index (χ1v) is 7.72. The van der Waals surface area contributed by atoms with Crippen LogP contribution in [0.3, 0.4) is 0 Å². The Balaban J connectivity index is 1.41. The molecule has 0 saturated heterocycles. The zero-order valence-electron chi connectivity index (χ0n) is 12.7. The summed E-state index contributed by atoms with van der Waals surface area (Å²) in [6, 6.07) is 12.7. The standard InChI is InChI=1S/C17H15N5O2/c23-16(13-8-7-10-3-1-2-4-12(10)18-13)21-22-17(24)15-9-14(19-20-15)11-5-6-11/h1-4,7-9,11H,5-6H2,(H,19,20)(H,21,23)(H,22,24). The molecule has 7 heteroatoms. The molecule has 0 aliphatic heterocycles. The third-order valence-corrected chi connectivity index (χ3v) is 3.97. The lowest BCUT2D eigenvalue weighted by molar-refractivity contribution is 0.0841. The minimum atomic E-state index is -0.480. The van der Waals surface area contributed by atoms with Crippen molar-refractivity contribution in [3.63, 3.8) is 0 Å². The van der Waals surface area contributed by atoms with Crippen LogP contribution >= 0.6 is 0 Å². The van der Waals surface area contributed by atoms with Gasteiger partial charge in [-0.05, 0) is 31.0 Å². The number of aromatic amines is 1. The minimum absolute atomic E-state index is 0.231. The predicted molar refractivity (Wildman–Crippen MR) is 87.2 cm³/mol. The van der Waals surface area contributed by atoms with E-state index in [0.717, 1.165) is 29.4 Å². The maximum absolute atomic E-state index is 12.1. The summed E-state index contributed by atoms with van der Waals surface area (Å²) in [4.78, 5) is 28.4. The zero-order valence-corrected chi connectivity index (χ0v) is 12.7. The molecule has 3 aromatic rings. The lowest BCUT2D eigenvalue weighted by Crippen LogP contribution is -2.42. The highest BCUT2D eigenvalue weighted by molar-refractivity contribution is 5.98. The van der Waals surface area contributed by atoms with Crippen molar-refractivity contribution in [3.05, 3.63) is 59.5 Å². The molecule has 7 nitrogen and oxygen atoms in total. The number of para-hydroxylation sites is 1. The smallest absolute Gasteiger partial charge is 0.281 e. The van der Waals surface area contributed by atoms with Gasteiger partial charge in [-0.25, -0.2) is 4.98 Å². The Labute approximate surface area is 137 Å². The van der Waals surface area contributed by atoms with Crippen molar-refractivity contribution in [2.24, 2.45) is 0 Å². The fraction of sp³-hybridized carbons (Fsp3) is 0.176. The second-order valence-corrected chi connectivity index (χ2v) is 5.78. The fourth-order valence-electron chi connectivity index (χ4n) is 2.49. The van der Waals surface area contributed by atoms with Crippen molar-refractivity contribution in [3.8, 4) is 0 Å². The molecular formula is C17H15N5O2. The van der Waals surface area contributed by atoms with Gasteiger partial charge in [-0.3, -0.25) is 25.5 Å². The van der Waals surface area contributed by atoms with E-state index in [0.29, 0.717) is 5.92 Å². The van der Waals surface area contributed by atoms with Gasteiger partial charge in [-0.15, -0.1) is 0 Å². The molecule has 1 aliphatic carbocycles. The molecule has 2 amide bonds. The Morgan fingerprint density at radius 1 is 1.00 bits per heavy atom. The summed E-state index contributed by atoms with van der Waals surface area (Å²) >= 11 is 0. The summed E-state index contributed by atoms with van der Waals surface area (Å²) in [7, 11) is 0. The van der Waals surface area contributed by atoms with E-state index in [1.54, 1.807) is 12.1 Å². The molecule has 0 spiro atoms. The monoisotopic (exact) mass is 321 g/mol. The van der Waals surface area contributed by atoms with E-state index in [9.17, 15) is 9.59 Å². The summed E-state index contributed by atoms with van der Waals surface area (Å²) < 4.78 is 0. The lowest BCUT2D eigenvalue weighted by Gasteiger charge is -2.06. The third kappa shape index (κ3) is 2.83. The third-order valence-electron chi connectivity index (χ3n) is 3.97. The van der Waals surface area contributed by atoms with E-state index in [2.05, 4.69) is 26.0 Å². The number of carbonyl (C=O) groups is 2. The van der Waals surface area contributed by atoms with E-state index in [4.69, 9.17) is 0 Å². The predicted octanol–water partition coefficient (Wildman–Crippen LogP) is 1.91. The number of nitrogens with zero attached hydrogens (tertiary/aromatic N) is 2. The van der Waals surface area contributed by atoms with Crippen LogP contribution < -0.4 is 10.9 Å². The second-order valence-electron chi connectivity index (χ2n) is 5.78. The number of amides is 2. The number of benzene rings is 1. The molecule has 0 unspecified atom stereocenters. The van der Waals surface area contributed by atoms with E-state index >= 15 is 0 Å². The minimum Gasteiger partial charge on any atom is -0.281 e. The van der Waals surface area contributed by atoms with Crippen LogP contribution in [0.5, 0.6) is 0 Å². The molecule has 2 aromatic heterocycles. The maximum Gasteiger partial charge on any atom is 0.290 e. The molecular weight excluding hydrogens is 306 g/mol. The molecule has 120 valence electrons. The average Bonchev–Trinajstić information content (AvgIpc) is 3.35. The van der Waals surface area contributed by atoms with Crippen LogP contribution in [0.25, 0.3) is 10.9 Å². The first-order chi connectivity index (χ1) is 11.7. The Hall–Kier alpha value is -3.22. The Morgan fingerprint density at radius 3 is 2.54 bits per heavy atom. The largest absolute Gasteiger partial charge is 0.290 e. The van der Waals surface area contributed by atoms with Gasteiger partial charge < -0.3 is 0 Å². The number of hydrazine groups is 1. The molecule has 1 saturated carbocycles. The van der Waals surface area contributed by atoms with Crippen molar-refractivity contribution < 1.29 is 9.59 Å². The van der Waals surface area contributed by atoms with Crippen LogP contribution in [0.15, 0.2) is 42.5 Å². The molecule has 0 atom stereocenters. The summed E-state index contributed by atoms with van der Waals surface area (Å²) in [5.41, 5.74) is 6.88. The maximum atomic E-state index is 12.1. The van der Waals surface area contributed by atoms with Gasteiger partial charge in [0, 0.05) is 17.0 Å². The highest BCUT2D eigenvalue weighted by Crippen LogP contribution is 2.38. The van der Waals surface area contributed by atoms with Gasteiger partial charge in [0.05, 0.1) is 5.52 Å². The summed E-state index contributed by atoms with van der Waals surface area (Å²) in [5.74, 6) is -0.463. The molecule has 3 N–H and O–H groups in total. The van der Waals surface area contributed by atoms with Gasteiger partial charge in [-0.2, -0.15) is 5.10 Å². The van der Waals surface area contributed by atoms with Gasteiger partial charge in [0.25, 0.3) is 11.8 Å². The molecule has 0 radical (unpaired) electrons. The Kier molecular flexibility index (Phi) is 3.45. The SMILES string of the molecule is O=C(NNC(=O)c1ccc2ccccc2n1)c1cc(C2CC2)[nH]n1. The first-order valence-electron chi connectivity index (χ1n) is 7.72. The number of aromatic nitrogens is 3. The molecule has 1 aliphatic rings. The molecule has 4 rings (SSSR count). The normalized spacial score (nSPS) is 13.7. The van der Waals surface area contributed by atoms with Crippen LogP contribution in [-0.4, -0.2) is 27.0 Å². The van der Waals surface area contributed by atoms with Gasteiger partial charge in [-0.1, -0.05) is 24.3 Å². The summed E-state index contributed by atoms with van der Waals surface area (Å²) in [6.07, 6.45) is 2.24. The lowest BCUT2D eigenvalue weighted by atomic mass is 10.2. The van der Waals surface area contributed by atoms with Crippen LogP contribution in [-0.2, 0) is 0 Å². The van der Waals surface area contributed by atoms with Gasteiger partial charge >= 0.3 is 0 Å². The zero-order chi connectivity index (χ0) is 16.5. The van der Waals surface area contributed by atoms with Crippen molar-refractivity contribution >= 4 is 22.7 Å². The number of H-pyrrole nitrogens is 1.